The van der Waals surface area contributed by atoms with Crippen molar-refractivity contribution in [3.8, 4) is 23.0 Å². The van der Waals surface area contributed by atoms with Gasteiger partial charge in [0, 0.05) is 34.7 Å². The third-order valence-corrected chi connectivity index (χ3v) is 10.0. The van der Waals surface area contributed by atoms with Gasteiger partial charge in [-0.25, -0.2) is 9.55 Å². The molecule has 0 spiro atoms. The van der Waals surface area contributed by atoms with E-state index in [1.165, 1.54) is 27.4 Å². The van der Waals surface area contributed by atoms with Gasteiger partial charge in [0.2, 0.25) is 6.33 Å². The molecule has 5 heteroatoms. The molecule has 0 bridgehead atoms. The minimum atomic E-state index is -0.170. The number of imidazole rings is 1. The number of para-hydroxylation sites is 3. The first-order valence-corrected chi connectivity index (χ1v) is 18.2. The van der Waals surface area contributed by atoms with Crippen LogP contribution in [0.4, 0.5) is 0 Å². The van der Waals surface area contributed by atoms with E-state index in [1.807, 2.05) is 6.20 Å². The minimum Gasteiger partial charge on any atom is -0.457 e. The Hall–Kier alpha value is -4.90. The fourth-order valence-corrected chi connectivity index (χ4v) is 7.11. The van der Waals surface area contributed by atoms with Gasteiger partial charge in [-0.1, -0.05) is 92.6 Å². The van der Waals surface area contributed by atoms with Crippen LogP contribution < -0.4 is 9.30 Å². The highest BCUT2D eigenvalue weighted by Crippen LogP contribution is 2.43. The molecule has 0 aliphatic heterocycles. The molecule has 7 aromatic rings. The average molecular weight is 678 g/mol. The molecule has 0 atom stereocenters. The molecule has 0 fully saturated rings. The van der Waals surface area contributed by atoms with Crippen LogP contribution in [-0.2, 0) is 21.8 Å². The van der Waals surface area contributed by atoms with Gasteiger partial charge in [-0.15, -0.1) is 0 Å². The Kier molecular flexibility index (Phi) is 8.01. The van der Waals surface area contributed by atoms with E-state index in [4.69, 9.17) is 9.72 Å². The zero-order valence-electron chi connectivity index (χ0n) is 32.5. The average Bonchev–Trinajstić information content (AvgIpc) is 3.59. The predicted molar refractivity (Wildman–Crippen MR) is 213 cm³/mol. The van der Waals surface area contributed by atoms with Crippen molar-refractivity contribution in [1.82, 2.24) is 14.1 Å². The van der Waals surface area contributed by atoms with E-state index in [2.05, 4.69) is 194 Å². The van der Waals surface area contributed by atoms with Crippen LogP contribution in [0.1, 0.15) is 99.8 Å². The quantitative estimate of drug-likeness (QED) is 0.174. The highest BCUT2D eigenvalue weighted by atomic mass is 16.5. The van der Waals surface area contributed by atoms with Crippen LogP contribution in [0.15, 0.2) is 104 Å². The summed E-state index contributed by atoms with van der Waals surface area (Å²) in [5.41, 5.74) is 8.92. The predicted octanol–water partition coefficient (Wildman–Crippen LogP) is 11.8. The maximum Gasteiger partial charge on any atom is 0.250 e. The van der Waals surface area contributed by atoms with Crippen molar-refractivity contribution in [3.05, 3.63) is 120 Å². The summed E-state index contributed by atoms with van der Waals surface area (Å²) >= 11 is 0. The molecule has 0 N–H and O–H groups in total. The molecular formula is C46H53N4O+. The molecule has 0 aliphatic rings. The zero-order chi connectivity index (χ0) is 36.7. The number of pyridine rings is 1. The SMILES string of the molecule is CC(C)(C)c1cc(Oc2cc3c(cc2C(C)(C)C)c2ccccc2n3-c2cc(C(C)(C)C)ccn2)cc(-n2c[n+](C(C)(C)C)c3ccccc32)c1. The molecule has 3 aromatic heterocycles. The fraction of sp³-hybridized carbons (Fsp3) is 0.348. The van der Waals surface area contributed by atoms with Crippen LogP contribution in [0.2, 0.25) is 0 Å². The number of benzene rings is 4. The fourth-order valence-electron chi connectivity index (χ4n) is 7.11. The molecule has 51 heavy (non-hydrogen) atoms. The summed E-state index contributed by atoms with van der Waals surface area (Å²) in [5.74, 6) is 2.58. The summed E-state index contributed by atoms with van der Waals surface area (Å²) in [7, 11) is 0. The van der Waals surface area contributed by atoms with E-state index in [-0.39, 0.29) is 21.8 Å². The summed E-state index contributed by atoms with van der Waals surface area (Å²) in [5, 5.41) is 2.40. The van der Waals surface area contributed by atoms with Gasteiger partial charge in [-0.2, -0.15) is 4.57 Å². The Labute approximate surface area is 303 Å². The van der Waals surface area contributed by atoms with Gasteiger partial charge in [0.1, 0.15) is 28.5 Å². The zero-order valence-corrected chi connectivity index (χ0v) is 32.5. The minimum absolute atomic E-state index is 0.00288. The summed E-state index contributed by atoms with van der Waals surface area (Å²) in [6.07, 6.45) is 4.17. The van der Waals surface area contributed by atoms with Gasteiger partial charge in [-0.05, 0) is 96.7 Å². The second kappa shape index (κ2) is 11.8. The molecule has 0 amide bonds. The maximum absolute atomic E-state index is 7.14. The van der Waals surface area contributed by atoms with Crippen LogP contribution in [0.5, 0.6) is 11.5 Å². The lowest BCUT2D eigenvalue weighted by molar-refractivity contribution is -0.731. The van der Waals surface area contributed by atoms with E-state index in [0.717, 1.165) is 45.1 Å². The highest BCUT2D eigenvalue weighted by molar-refractivity contribution is 6.10. The third kappa shape index (κ3) is 6.32. The van der Waals surface area contributed by atoms with Crippen molar-refractivity contribution in [1.29, 1.82) is 0 Å². The summed E-state index contributed by atoms with van der Waals surface area (Å²) in [4.78, 5) is 4.93. The number of rotatable bonds is 4. The number of fused-ring (bicyclic) bond motifs is 4. The molecule has 0 aliphatic carbocycles. The Morgan fingerprint density at radius 1 is 0.588 bits per heavy atom. The molecule has 0 saturated carbocycles. The van der Waals surface area contributed by atoms with Crippen LogP contribution in [0, 0.1) is 0 Å². The van der Waals surface area contributed by atoms with Crippen molar-refractivity contribution in [2.75, 3.05) is 0 Å². The highest BCUT2D eigenvalue weighted by Gasteiger charge is 2.29. The van der Waals surface area contributed by atoms with Crippen LogP contribution >= 0.6 is 0 Å². The second-order valence-electron chi connectivity index (χ2n) is 18.2. The standard InChI is InChI=1S/C46H53N4O/c1-43(2,3)30-21-22-47-42(25-30)50-37-18-14-13-17-34(37)35-27-36(45(7,8)9)41(28-40(35)50)51-33-24-31(44(4,5)6)23-32(26-33)48-29-49(46(10,11)12)39-20-16-15-19-38(39)48/h13-29H,1-12H3/q+1. The largest absolute Gasteiger partial charge is 0.457 e. The first kappa shape index (κ1) is 34.5. The number of hydrogen-bond donors (Lipinski definition) is 0. The van der Waals surface area contributed by atoms with E-state index in [1.54, 1.807) is 0 Å². The van der Waals surface area contributed by atoms with Gasteiger partial charge in [0.25, 0.3) is 0 Å². The summed E-state index contributed by atoms with van der Waals surface area (Å²) in [6.45, 7) is 27.1. The van der Waals surface area contributed by atoms with Crippen LogP contribution in [-0.4, -0.2) is 14.1 Å². The molecule has 0 unspecified atom stereocenters. The Morgan fingerprint density at radius 2 is 1.25 bits per heavy atom. The smallest absolute Gasteiger partial charge is 0.250 e. The van der Waals surface area contributed by atoms with E-state index >= 15 is 0 Å². The van der Waals surface area contributed by atoms with Gasteiger partial charge >= 0.3 is 0 Å². The lowest BCUT2D eigenvalue weighted by Crippen LogP contribution is -2.49. The lowest BCUT2D eigenvalue weighted by Gasteiger charge is -2.25. The molecule has 4 aromatic carbocycles. The van der Waals surface area contributed by atoms with Crippen molar-refractivity contribution in [2.24, 2.45) is 0 Å². The Bertz CT molecular complexity index is 2430. The molecule has 5 nitrogen and oxygen atoms in total. The number of aromatic nitrogens is 4. The molecule has 262 valence electrons. The van der Waals surface area contributed by atoms with Crippen molar-refractivity contribution < 1.29 is 9.30 Å². The Balaban J connectivity index is 1.47. The molecule has 3 heterocycles. The molecule has 7 rings (SSSR count). The van der Waals surface area contributed by atoms with Gasteiger partial charge < -0.3 is 4.74 Å². The van der Waals surface area contributed by atoms with E-state index in [0.29, 0.717) is 0 Å². The first-order valence-electron chi connectivity index (χ1n) is 18.2. The van der Waals surface area contributed by atoms with Gasteiger partial charge in [0.05, 0.1) is 11.0 Å². The van der Waals surface area contributed by atoms with E-state index < -0.39 is 0 Å². The van der Waals surface area contributed by atoms with Crippen LogP contribution in [0.25, 0.3) is 44.3 Å². The van der Waals surface area contributed by atoms with Crippen molar-refractivity contribution in [3.63, 3.8) is 0 Å². The summed E-state index contributed by atoms with van der Waals surface area (Å²) < 4.78 is 14.1. The summed E-state index contributed by atoms with van der Waals surface area (Å²) in [6, 6.07) is 33.0. The maximum atomic E-state index is 7.14. The number of ether oxygens (including phenoxy) is 1. The van der Waals surface area contributed by atoms with Gasteiger partial charge in [0.15, 0.2) is 11.0 Å². The molecule has 0 radical (unpaired) electrons. The number of nitrogens with zero attached hydrogens (tertiary/aromatic N) is 4. The van der Waals surface area contributed by atoms with Crippen molar-refractivity contribution >= 4 is 32.8 Å². The van der Waals surface area contributed by atoms with Crippen molar-refractivity contribution in [2.45, 2.75) is 105 Å². The third-order valence-electron chi connectivity index (χ3n) is 10.0. The van der Waals surface area contributed by atoms with Crippen LogP contribution in [0.3, 0.4) is 0 Å². The second-order valence-corrected chi connectivity index (χ2v) is 18.2. The molecular weight excluding hydrogens is 625 g/mol. The normalized spacial score (nSPS) is 13.1. The lowest BCUT2D eigenvalue weighted by atomic mass is 9.85. The molecule has 0 saturated heterocycles. The topological polar surface area (TPSA) is 35.9 Å². The first-order chi connectivity index (χ1) is 23.8. The Morgan fingerprint density at radius 3 is 1.92 bits per heavy atom. The van der Waals surface area contributed by atoms with Gasteiger partial charge in [-0.3, -0.25) is 4.57 Å². The monoisotopic (exact) mass is 677 g/mol. The number of hydrogen-bond acceptors (Lipinski definition) is 2. The van der Waals surface area contributed by atoms with E-state index in [9.17, 15) is 0 Å².